The Labute approximate surface area is 152 Å². The van der Waals surface area contributed by atoms with Gasteiger partial charge in [-0.1, -0.05) is 19.8 Å². The maximum absolute atomic E-state index is 11.9. The first-order chi connectivity index (χ1) is 10.3. The number of unbranched alkanes of at least 4 members (excludes halogenated alkanes) is 1. The molecule has 1 heterocycles. The molecule has 22 heavy (non-hydrogen) atoms. The third-order valence-electron chi connectivity index (χ3n) is 3.69. The first-order valence-corrected chi connectivity index (χ1v) is 8.57. The number of guanidine groups is 1. The van der Waals surface area contributed by atoms with E-state index in [1.165, 1.54) is 12.8 Å². The van der Waals surface area contributed by atoms with E-state index in [0.717, 1.165) is 70.8 Å². The first kappa shape index (κ1) is 21.5. The lowest BCUT2D eigenvalue weighted by molar-refractivity contribution is -0.130. The van der Waals surface area contributed by atoms with Gasteiger partial charge in [-0.05, 0) is 32.6 Å². The van der Waals surface area contributed by atoms with E-state index in [0.29, 0.717) is 5.91 Å². The highest BCUT2D eigenvalue weighted by Crippen LogP contribution is 2.11. The van der Waals surface area contributed by atoms with Crippen molar-refractivity contribution in [3.8, 4) is 0 Å². The SMILES string of the molecule is CCCCNC(=NCCCN1CCCCCC1=O)NCC.I. The Balaban J connectivity index is 0.00000441. The predicted octanol–water partition coefficient (Wildman–Crippen LogP) is 2.75. The van der Waals surface area contributed by atoms with Crippen molar-refractivity contribution in [2.24, 2.45) is 4.99 Å². The fourth-order valence-corrected chi connectivity index (χ4v) is 2.45. The first-order valence-electron chi connectivity index (χ1n) is 8.57. The molecule has 1 fully saturated rings. The number of aliphatic imine (C=N–C) groups is 1. The van der Waals surface area contributed by atoms with Crippen LogP contribution in [0.3, 0.4) is 0 Å². The quantitative estimate of drug-likeness (QED) is 0.273. The van der Waals surface area contributed by atoms with Gasteiger partial charge in [0.15, 0.2) is 5.96 Å². The van der Waals surface area contributed by atoms with Gasteiger partial charge in [0.1, 0.15) is 0 Å². The van der Waals surface area contributed by atoms with Crippen molar-refractivity contribution in [3.05, 3.63) is 0 Å². The largest absolute Gasteiger partial charge is 0.357 e. The van der Waals surface area contributed by atoms with Crippen LogP contribution < -0.4 is 10.6 Å². The molecule has 5 nitrogen and oxygen atoms in total. The molecule has 1 aliphatic heterocycles. The summed E-state index contributed by atoms with van der Waals surface area (Å²) >= 11 is 0. The molecule has 0 atom stereocenters. The minimum Gasteiger partial charge on any atom is -0.357 e. The van der Waals surface area contributed by atoms with Crippen molar-refractivity contribution in [2.45, 2.75) is 58.8 Å². The highest BCUT2D eigenvalue weighted by molar-refractivity contribution is 14.0. The van der Waals surface area contributed by atoms with E-state index in [9.17, 15) is 4.79 Å². The van der Waals surface area contributed by atoms with E-state index < -0.39 is 0 Å². The standard InChI is InChI=1S/C16H32N4O.HI/c1-3-5-11-18-16(17-4-2)19-12-9-14-20-13-8-6-7-10-15(20)21;/h3-14H2,1-2H3,(H2,17,18,19);1H. The molecule has 0 bridgehead atoms. The van der Waals surface area contributed by atoms with Crippen molar-refractivity contribution < 1.29 is 4.79 Å². The van der Waals surface area contributed by atoms with E-state index >= 15 is 0 Å². The summed E-state index contributed by atoms with van der Waals surface area (Å²) < 4.78 is 0. The number of carbonyl (C=O) groups excluding carboxylic acids is 1. The Bertz CT molecular complexity index is 323. The summed E-state index contributed by atoms with van der Waals surface area (Å²) in [5.74, 6) is 1.22. The fourth-order valence-electron chi connectivity index (χ4n) is 2.45. The van der Waals surface area contributed by atoms with Crippen molar-refractivity contribution >= 4 is 35.8 Å². The van der Waals surface area contributed by atoms with Gasteiger partial charge in [0.25, 0.3) is 0 Å². The van der Waals surface area contributed by atoms with Crippen LogP contribution in [0.15, 0.2) is 4.99 Å². The molecule has 0 unspecified atom stereocenters. The van der Waals surface area contributed by atoms with E-state index in [-0.39, 0.29) is 24.0 Å². The normalized spacial score (nSPS) is 16.0. The van der Waals surface area contributed by atoms with Gasteiger partial charge in [-0.3, -0.25) is 9.79 Å². The Hall–Kier alpha value is -0.530. The smallest absolute Gasteiger partial charge is 0.222 e. The van der Waals surface area contributed by atoms with Crippen molar-refractivity contribution in [3.63, 3.8) is 0 Å². The minimum absolute atomic E-state index is 0. The van der Waals surface area contributed by atoms with Gasteiger partial charge < -0.3 is 15.5 Å². The van der Waals surface area contributed by atoms with Crippen LogP contribution in [0.1, 0.15) is 58.8 Å². The van der Waals surface area contributed by atoms with E-state index in [1.807, 2.05) is 4.90 Å². The molecule has 0 aliphatic carbocycles. The van der Waals surface area contributed by atoms with Crippen LogP contribution in [0.2, 0.25) is 0 Å². The van der Waals surface area contributed by atoms with Crippen LogP contribution in [0, 0.1) is 0 Å². The number of halogens is 1. The van der Waals surface area contributed by atoms with Gasteiger partial charge in [0, 0.05) is 39.1 Å². The lowest BCUT2D eigenvalue weighted by Crippen LogP contribution is -2.38. The van der Waals surface area contributed by atoms with Crippen LogP contribution in [-0.4, -0.2) is 49.5 Å². The molecule has 0 saturated carbocycles. The Morgan fingerprint density at radius 3 is 2.73 bits per heavy atom. The minimum atomic E-state index is 0. The number of rotatable bonds is 8. The Morgan fingerprint density at radius 2 is 2.00 bits per heavy atom. The molecule has 1 aliphatic rings. The summed E-state index contributed by atoms with van der Waals surface area (Å²) in [5.41, 5.74) is 0. The summed E-state index contributed by atoms with van der Waals surface area (Å²) in [6, 6.07) is 0. The molecule has 1 rings (SSSR count). The number of likely N-dealkylation sites (tertiary alicyclic amines) is 1. The van der Waals surface area contributed by atoms with E-state index in [1.54, 1.807) is 0 Å². The van der Waals surface area contributed by atoms with Gasteiger partial charge in [-0.25, -0.2) is 0 Å². The topological polar surface area (TPSA) is 56.7 Å². The van der Waals surface area contributed by atoms with Crippen LogP contribution in [0.5, 0.6) is 0 Å². The fraction of sp³-hybridized carbons (Fsp3) is 0.875. The maximum Gasteiger partial charge on any atom is 0.222 e. The van der Waals surface area contributed by atoms with Gasteiger partial charge in [0.2, 0.25) is 5.91 Å². The summed E-state index contributed by atoms with van der Waals surface area (Å²) in [4.78, 5) is 18.5. The third-order valence-corrected chi connectivity index (χ3v) is 3.69. The molecule has 1 amide bonds. The second-order valence-electron chi connectivity index (χ2n) is 5.59. The summed E-state index contributed by atoms with van der Waals surface area (Å²) in [6.07, 6.45) is 7.40. The van der Waals surface area contributed by atoms with Crippen molar-refractivity contribution in [1.82, 2.24) is 15.5 Å². The molecular weight excluding hydrogens is 391 g/mol. The number of carbonyl (C=O) groups is 1. The molecule has 2 N–H and O–H groups in total. The number of hydrogen-bond donors (Lipinski definition) is 2. The summed E-state index contributed by atoms with van der Waals surface area (Å²) in [7, 11) is 0. The van der Waals surface area contributed by atoms with E-state index in [2.05, 4.69) is 29.5 Å². The second kappa shape index (κ2) is 14.1. The van der Waals surface area contributed by atoms with Crippen LogP contribution in [0.25, 0.3) is 0 Å². The van der Waals surface area contributed by atoms with Gasteiger partial charge in [0.05, 0.1) is 0 Å². The highest BCUT2D eigenvalue weighted by atomic mass is 127. The second-order valence-corrected chi connectivity index (χ2v) is 5.59. The van der Waals surface area contributed by atoms with Gasteiger partial charge in [-0.2, -0.15) is 0 Å². The third kappa shape index (κ3) is 9.48. The average molecular weight is 424 g/mol. The number of hydrogen-bond acceptors (Lipinski definition) is 2. The lowest BCUT2D eigenvalue weighted by Gasteiger charge is -2.20. The monoisotopic (exact) mass is 424 g/mol. The Kier molecular flexibility index (Phi) is 13.7. The molecular formula is C16H33IN4O. The average Bonchev–Trinajstić information content (AvgIpc) is 2.68. The van der Waals surface area contributed by atoms with Crippen LogP contribution >= 0.6 is 24.0 Å². The van der Waals surface area contributed by atoms with Crippen molar-refractivity contribution in [2.75, 3.05) is 32.7 Å². The van der Waals surface area contributed by atoms with E-state index in [4.69, 9.17) is 0 Å². The maximum atomic E-state index is 11.9. The van der Waals surface area contributed by atoms with Crippen LogP contribution in [0.4, 0.5) is 0 Å². The molecule has 0 aromatic heterocycles. The number of amides is 1. The number of nitrogens with zero attached hydrogens (tertiary/aromatic N) is 2. The molecule has 6 heteroatoms. The zero-order valence-electron chi connectivity index (χ0n) is 14.2. The molecule has 130 valence electrons. The number of nitrogens with one attached hydrogen (secondary N) is 2. The van der Waals surface area contributed by atoms with Gasteiger partial charge in [-0.15, -0.1) is 24.0 Å². The zero-order valence-corrected chi connectivity index (χ0v) is 16.5. The predicted molar refractivity (Wildman–Crippen MR) is 104 cm³/mol. The Morgan fingerprint density at radius 1 is 1.18 bits per heavy atom. The molecule has 0 radical (unpaired) electrons. The van der Waals surface area contributed by atoms with Gasteiger partial charge >= 0.3 is 0 Å². The highest BCUT2D eigenvalue weighted by Gasteiger charge is 2.15. The summed E-state index contributed by atoms with van der Waals surface area (Å²) in [6.45, 7) is 8.64. The zero-order chi connectivity index (χ0) is 15.3. The van der Waals surface area contributed by atoms with Crippen LogP contribution in [-0.2, 0) is 4.79 Å². The molecule has 1 saturated heterocycles. The lowest BCUT2D eigenvalue weighted by atomic mass is 10.2. The van der Waals surface area contributed by atoms with Crippen molar-refractivity contribution in [1.29, 1.82) is 0 Å². The summed E-state index contributed by atoms with van der Waals surface area (Å²) in [5, 5.41) is 6.59. The molecule has 0 aromatic rings. The molecule has 0 aromatic carbocycles. The molecule has 0 spiro atoms.